The summed E-state index contributed by atoms with van der Waals surface area (Å²) in [4.78, 5) is 31.3. The zero-order valence-corrected chi connectivity index (χ0v) is 20.9. The van der Waals surface area contributed by atoms with E-state index in [1.54, 1.807) is 18.4 Å². The Balaban J connectivity index is 1.52. The van der Waals surface area contributed by atoms with Gasteiger partial charge >= 0.3 is 0 Å². The Morgan fingerprint density at radius 1 is 1.14 bits per heavy atom. The maximum atomic E-state index is 13.6. The highest BCUT2D eigenvalue weighted by molar-refractivity contribution is 7.10. The summed E-state index contributed by atoms with van der Waals surface area (Å²) in [5.41, 5.74) is 1.43. The number of carbonyl (C=O) groups excluding carboxylic acids is 2. The van der Waals surface area contributed by atoms with Crippen molar-refractivity contribution in [2.45, 2.75) is 32.4 Å². The van der Waals surface area contributed by atoms with Gasteiger partial charge in [-0.25, -0.2) is 4.39 Å². The third-order valence-electron chi connectivity index (χ3n) is 6.15. The SMILES string of the molecule is COc1cccc(OCC2c3ccsc3CCN2C(=O)CN(C(=O)c2ccc(F)cc2)C(C)C)c1. The summed E-state index contributed by atoms with van der Waals surface area (Å²) in [6.45, 7) is 4.50. The zero-order valence-electron chi connectivity index (χ0n) is 20.1. The van der Waals surface area contributed by atoms with Gasteiger partial charge in [-0.05, 0) is 73.7 Å². The molecular weight excluding hydrogens is 467 g/mol. The highest BCUT2D eigenvalue weighted by atomic mass is 32.1. The predicted octanol–water partition coefficient (Wildman–Crippen LogP) is 4.95. The summed E-state index contributed by atoms with van der Waals surface area (Å²) in [6.07, 6.45) is 0.766. The fraction of sp³-hybridized carbons (Fsp3) is 0.333. The molecule has 0 fully saturated rings. The second kappa shape index (κ2) is 10.9. The third kappa shape index (κ3) is 5.65. The normalized spacial score (nSPS) is 15.0. The van der Waals surface area contributed by atoms with Crippen LogP contribution >= 0.6 is 11.3 Å². The smallest absolute Gasteiger partial charge is 0.254 e. The van der Waals surface area contributed by atoms with E-state index in [-0.39, 0.29) is 37.0 Å². The summed E-state index contributed by atoms with van der Waals surface area (Å²) < 4.78 is 24.7. The van der Waals surface area contributed by atoms with Gasteiger partial charge in [0.1, 0.15) is 30.5 Å². The molecule has 4 rings (SSSR count). The Kier molecular flexibility index (Phi) is 7.70. The Hall–Kier alpha value is -3.39. The van der Waals surface area contributed by atoms with E-state index in [9.17, 15) is 14.0 Å². The Bertz CT molecular complexity index is 1180. The lowest BCUT2D eigenvalue weighted by atomic mass is 10.00. The maximum Gasteiger partial charge on any atom is 0.254 e. The van der Waals surface area contributed by atoms with Crippen LogP contribution in [-0.4, -0.2) is 54.5 Å². The number of thiophene rings is 1. The summed E-state index contributed by atoms with van der Waals surface area (Å²) in [5.74, 6) is 0.500. The van der Waals surface area contributed by atoms with Crippen molar-refractivity contribution in [3.63, 3.8) is 0 Å². The Morgan fingerprint density at radius 3 is 2.60 bits per heavy atom. The molecule has 35 heavy (non-hydrogen) atoms. The number of ether oxygens (including phenoxy) is 2. The molecule has 0 spiro atoms. The fourth-order valence-electron chi connectivity index (χ4n) is 4.22. The van der Waals surface area contributed by atoms with Crippen LogP contribution in [0.5, 0.6) is 11.5 Å². The van der Waals surface area contributed by atoms with E-state index in [4.69, 9.17) is 9.47 Å². The van der Waals surface area contributed by atoms with Crippen LogP contribution in [-0.2, 0) is 11.2 Å². The molecule has 0 N–H and O–H groups in total. The number of nitrogens with zero attached hydrogens (tertiary/aromatic N) is 2. The van der Waals surface area contributed by atoms with Crippen molar-refractivity contribution in [1.29, 1.82) is 0 Å². The minimum absolute atomic E-state index is 0.0665. The van der Waals surface area contributed by atoms with E-state index in [1.165, 1.54) is 34.0 Å². The molecule has 1 aromatic heterocycles. The molecule has 0 aliphatic carbocycles. The monoisotopic (exact) mass is 496 g/mol. The molecule has 2 amide bonds. The van der Waals surface area contributed by atoms with Crippen LogP contribution in [0, 0.1) is 5.82 Å². The molecule has 8 heteroatoms. The largest absolute Gasteiger partial charge is 0.497 e. The molecule has 184 valence electrons. The third-order valence-corrected chi connectivity index (χ3v) is 7.14. The quantitative estimate of drug-likeness (QED) is 0.443. The fourth-order valence-corrected chi connectivity index (χ4v) is 5.15. The molecule has 2 heterocycles. The lowest BCUT2D eigenvalue weighted by molar-refractivity contribution is -0.136. The van der Waals surface area contributed by atoms with Crippen molar-refractivity contribution >= 4 is 23.2 Å². The number of benzene rings is 2. The highest BCUT2D eigenvalue weighted by Crippen LogP contribution is 2.34. The number of halogens is 1. The maximum absolute atomic E-state index is 13.6. The first-order valence-corrected chi connectivity index (χ1v) is 12.4. The number of methoxy groups -OCH3 is 1. The zero-order chi connectivity index (χ0) is 24.9. The molecule has 0 saturated carbocycles. The van der Waals surface area contributed by atoms with E-state index in [0.717, 1.165) is 12.0 Å². The van der Waals surface area contributed by atoms with Gasteiger partial charge in [0.15, 0.2) is 0 Å². The van der Waals surface area contributed by atoms with Crippen LogP contribution in [0.4, 0.5) is 4.39 Å². The second-order valence-corrected chi connectivity index (χ2v) is 9.68. The molecule has 0 saturated heterocycles. The number of carbonyl (C=O) groups is 2. The van der Waals surface area contributed by atoms with Gasteiger partial charge in [0.2, 0.25) is 5.91 Å². The van der Waals surface area contributed by atoms with Crippen LogP contribution in [0.15, 0.2) is 60.0 Å². The molecule has 1 aliphatic rings. The summed E-state index contributed by atoms with van der Waals surface area (Å²) in [6, 6.07) is 14.3. The molecule has 1 aliphatic heterocycles. The topological polar surface area (TPSA) is 59.1 Å². The molecule has 0 radical (unpaired) electrons. The van der Waals surface area contributed by atoms with Crippen molar-refractivity contribution in [3.8, 4) is 11.5 Å². The Labute approximate surface area is 208 Å². The lowest BCUT2D eigenvalue weighted by Crippen LogP contribution is -2.49. The summed E-state index contributed by atoms with van der Waals surface area (Å²) in [7, 11) is 1.60. The van der Waals surface area contributed by atoms with Crippen LogP contribution in [0.25, 0.3) is 0 Å². The number of rotatable bonds is 8. The van der Waals surface area contributed by atoms with Crippen molar-refractivity contribution < 1.29 is 23.5 Å². The molecule has 2 aromatic carbocycles. The molecule has 6 nitrogen and oxygen atoms in total. The van der Waals surface area contributed by atoms with Crippen molar-refractivity contribution in [2.24, 2.45) is 0 Å². The number of hydrogen-bond acceptors (Lipinski definition) is 5. The van der Waals surface area contributed by atoms with Crippen molar-refractivity contribution in [2.75, 3.05) is 26.8 Å². The van der Waals surface area contributed by atoms with Gasteiger partial charge in [-0.3, -0.25) is 9.59 Å². The summed E-state index contributed by atoms with van der Waals surface area (Å²) in [5, 5.41) is 2.04. The predicted molar refractivity (Wildman–Crippen MR) is 134 cm³/mol. The van der Waals surface area contributed by atoms with E-state index < -0.39 is 5.82 Å². The average molecular weight is 497 g/mol. The van der Waals surface area contributed by atoms with Gasteiger partial charge in [0, 0.05) is 29.1 Å². The van der Waals surface area contributed by atoms with Gasteiger partial charge in [-0.2, -0.15) is 0 Å². The molecule has 3 aromatic rings. The minimum atomic E-state index is -0.410. The van der Waals surface area contributed by atoms with Gasteiger partial charge < -0.3 is 19.3 Å². The van der Waals surface area contributed by atoms with Crippen LogP contribution in [0.2, 0.25) is 0 Å². The van der Waals surface area contributed by atoms with Gasteiger partial charge in [0.05, 0.1) is 13.2 Å². The number of fused-ring (bicyclic) bond motifs is 1. The number of amides is 2. The highest BCUT2D eigenvalue weighted by Gasteiger charge is 2.34. The first-order valence-electron chi connectivity index (χ1n) is 11.6. The van der Waals surface area contributed by atoms with Gasteiger partial charge in [0.25, 0.3) is 5.91 Å². The Morgan fingerprint density at radius 2 is 1.89 bits per heavy atom. The van der Waals surface area contributed by atoms with Crippen LogP contribution < -0.4 is 9.47 Å². The molecule has 0 bridgehead atoms. The standard InChI is InChI=1S/C27H29FN2O4S/c1-18(2)30(27(32)19-7-9-20(28)10-8-19)16-26(31)29-13-11-25-23(12-14-35-25)24(29)17-34-22-6-4-5-21(15-22)33-3/h4-10,12,14-15,18,24H,11,13,16-17H2,1-3H3. The van der Waals surface area contributed by atoms with Gasteiger partial charge in [-0.1, -0.05) is 6.07 Å². The molecule has 1 atom stereocenters. The van der Waals surface area contributed by atoms with Crippen LogP contribution in [0.1, 0.15) is 40.7 Å². The second-order valence-electron chi connectivity index (χ2n) is 8.68. The average Bonchev–Trinajstić information content (AvgIpc) is 3.35. The van der Waals surface area contributed by atoms with Crippen molar-refractivity contribution in [1.82, 2.24) is 9.80 Å². The van der Waals surface area contributed by atoms with Crippen molar-refractivity contribution in [3.05, 3.63) is 81.8 Å². The van der Waals surface area contributed by atoms with E-state index >= 15 is 0 Å². The first-order chi connectivity index (χ1) is 16.9. The first kappa shape index (κ1) is 24.7. The molecule has 1 unspecified atom stereocenters. The molecular formula is C27H29FN2O4S. The summed E-state index contributed by atoms with van der Waals surface area (Å²) >= 11 is 1.68. The van der Waals surface area contributed by atoms with Crippen LogP contribution in [0.3, 0.4) is 0 Å². The lowest BCUT2D eigenvalue weighted by Gasteiger charge is -2.37. The number of hydrogen-bond donors (Lipinski definition) is 0. The van der Waals surface area contributed by atoms with Gasteiger partial charge in [-0.15, -0.1) is 11.3 Å². The van der Waals surface area contributed by atoms with E-state index in [2.05, 4.69) is 0 Å². The van der Waals surface area contributed by atoms with E-state index in [1.807, 2.05) is 54.5 Å². The minimum Gasteiger partial charge on any atom is -0.497 e. The van der Waals surface area contributed by atoms with E-state index in [0.29, 0.717) is 23.6 Å².